The van der Waals surface area contributed by atoms with Gasteiger partial charge in [-0.1, -0.05) is 17.7 Å². The van der Waals surface area contributed by atoms with Crippen molar-refractivity contribution >= 4 is 5.69 Å². The van der Waals surface area contributed by atoms with Crippen molar-refractivity contribution in [3.05, 3.63) is 29.3 Å². The average molecular weight is 202 g/mol. The molecule has 0 radical (unpaired) electrons. The number of aryl methyl sites for hydroxylation is 1. The van der Waals surface area contributed by atoms with Gasteiger partial charge in [0.15, 0.2) is 0 Å². The molecule has 0 aliphatic carbocycles. The molecule has 1 saturated heterocycles. The summed E-state index contributed by atoms with van der Waals surface area (Å²) in [6.07, 6.45) is 3.50. The number of hydrogen-bond donors (Lipinski definition) is 1. The molecule has 2 nitrogen and oxygen atoms in total. The van der Waals surface area contributed by atoms with E-state index in [1.54, 1.807) is 0 Å². The van der Waals surface area contributed by atoms with Gasteiger partial charge in [-0.2, -0.15) is 0 Å². The molecule has 2 N–H and O–H groups in total. The van der Waals surface area contributed by atoms with Crippen LogP contribution in [0.5, 0.6) is 0 Å². The number of nitrogens with zero attached hydrogens (tertiary/aromatic N) is 1. The number of piperidine rings is 1. The number of benzene rings is 1. The van der Waals surface area contributed by atoms with Crippen LogP contribution in [0, 0.1) is 6.92 Å². The lowest BCUT2D eigenvalue weighted by Crippen LogP contribution is -2.45. The van der Waals surface area contributed by atoms with Gasteiger partial charge >= 0.3 is 0 Å². The zero-order valence-electron chi connectivity index (χ0n) is 9.24. The number of hydrogen-bond acceptors (Lipinski definition) is 2. The van der Waals surface area contributed by atoms with Crippen molar-refractivity contribution in [2.24, 2.45) is 5.73 Å². The van der Waals surface area contributed by atoms with Crippen LogP contribution in [0.15, 0.2) is 18.2 Å². The van der Waals surface area contributed by atoms with Crippen LogP contribution in [-0.2, 0) is 6.42 Å². The summed E-state index contributed by atoms with van der Waals surface area (Å²) in [5.74, 6) is 0. The Kier molecular flexibility index (Phi) is 1.99. The number of fused-ring (bicyclic) bond motifs is 3. The van der Waals surface area contributed by atoms with Crippen molar-refractivity contribution in [1.82, 2.24) is 0 Å². The number of rotatable bonds is 0. The van der Waals surface area contributed by atoms with Gasteiger partial charge in [0.1, 0.15) is 0 Å². The molecule has 2 heterocycles. The van der Waals surface area contributed by atoms with Gasteiger partial charge in [-0.25, -0.2) is 0 Å². The summed E-state index contributed by atoms with van der Waals surface area (Å²) in [4.78, 5) is 2.55. The van der Waals surface area contributed by atoms with Crippen LogP contribution < -0.4 is 10.6 Å². The zero-order valence-corrected chi connectivity index (χ0v) is 9.24. The lowest BCUT2D eigenvalue weighted by Gasteiger charge is -2.35. The highest BCUT2D eigenvalue weighted by Gasteiger charge is 2.33. The molecule has 3 rings (SSSR count). The van der Waals surface area contributed by atoms with Crippen molar-refractivity contribution in [3.63, 3.8) is 0 Å². The second kappa shape index (κ2) is 3.24. The molecule has 0 spiro atoms. The monoisotopic (exact) mass is 202 g/mol. The Morgan fingerprint density at radius 2 is 2.27 bits per heavy atom. The average Bonchev–Trinajstić information content (AvgIpc) is 2.53. The lowest BCUT2D eigenvalue weighted by molar-refractivity contribution is 0.425. The SMILES string of the molecule is Cc1ccc2c(c1)CC1CC(N)CCN21. The molecule has 2 heteroatoms. The molecule has 1 aromatic carbocycles. The first kappa shape index (κ1) is 9.22. The normalized spacial score (nSPS) is 28.8. The van der Waals surface area contributed by atoms with Gasteiger partial charge in [-0.15, -0.1) is 0 Å². The third kappa shape index (κ3) is 1.44. The van der Waals surface area contributed by atoms with Crippen molar-refractivity contribution in [2.45, 2.75) is 38.3 Å². The Balaban J connectivity index is 1.95. The fraction of sp³-hybridized carbons (Fsp3) is 0.538. The van der Waals surface area contributed by atoms with E-state index < -0.39 is 0 Å². The summed E-state index contributed by atoms with van der Waals surface area (Å²) < 4.78 is 0. The summed E-state index contributed by atoms with van der Waals surface area (Å²) in [5, 5.41) is 0. The van der Waals surface area contributed by atoms with Crippen LogP contribution >= 0.6 is 0 Å². The molecule has 0 bridgehead atoms. The molecular formula is C13H18N2. The molecule has 0 saturated carbocycles. The smallest absolute Gasteiger partial charge is 0.0402 e. The van der Waals surface area contributed by atoms with Crippen LogP contribution in [0.4, 0.5) is 5.69 Å². The third-order valence-corrected chi connectivity index (χ3v) is 3.76. The summed E-state index contributed by atoms with van der Waals surface area (Å²) in [6, 6.07) is 7.92. The Morgan fingerprint density at radius 1 is 1.40 bits per heavy atom. The molecule has 0 aromatic heterocycles. The molecule has 2 aliphatic heterocycles. The number of nitrogens with two attached hydrogens (primary N) is 1. The molecular weight excluding hydrogens is 184 g/mol. The highest BCUT2D eigenvalue weighted by molar-refractivity contribution is 5.60. The molecule has 2 atom stereocenters. The molecule has 80 valence electrons. The summed E-state index contributed by atoms with van der Waals surface area (Å²) >= 11 is 0. The Hall–Kier alpha value is -1.02. The van der Waals surface area contributed by atoms with E-state index in [4.69, 9.17) is 5.73 Å². The maximum absolute atomic E-state index is 6.03. The zero-order chi connectivity index (χ0) is 10.4. The largest absolute Gasteiger partial charge is 0.368 e. The fourth-order valence-electron chi connectivity index (χ4n) is 3.00. The van der Waals surface area contributed by atoms with Crippen molar-refractivity contribution in [1.29, 1.82) is 0 Å². The highest BCUT2D eigenvalue weighted by Crippen LogP contribution is 2.36. The maximum atomic E-state index is 6.03. The van der Waals surface area contributed by atoms with E-state index in [0.29, 0.717) is 12.1 Å². The van der Waals surface area contributed by atoms with Crippen LogP contribution in [0.25, 0.3) is 0 Å². The predicted octanol–water partition coefficient (Wildman–Crippen LogP) is 1.85. The van der Waals surface area contributed by atoms with Gasteiger partial charge in [0.05, 0.1) is 0 Å². The molecule has 2 aliphatic rings. The molecule has 15 heavy (non-hydrogen) atoms. The van der Waals surface area contributed by atoms with Crippen LogP contribution in [0.1, 0.15) is 24.0 Å². The van der Waals surface area contributed by atoms with E-state index in [-0.39, 0.29) is 0 Å². The van der Waals surface area contributed by atoms with E-state index in [1.165, 1.54) is 23.2 Å². The lowest BCUT2D eigenvalue weighted by atomic mass is 9.97. The van der Waals surface area contributed by atoms with Gasteiger partial charge in [0.25, 0.3) is 0 Å². The Bertz CT molecular complexity index is 386. The molecule has 1 aromatic rings. The van der Waals surface area contributed by atoms with Gasteiger partial charge in [-0.05, 0) is 37.8 Å². The quantitative estimate of drug-likeness (QED) is 0.695. The van der Waals surface area contributed by atoms with E-state index in [1.807, 2.05) is 0 Å². The van der Waals surface area contributed by atoms with Gasteiger partial charge in [0.2, 0.25) is 0 Å². The van der Waals surface area contributed by atoms with Gasteiger partial charge < -0.3 is 10.6 Å². The molecule has 1 fully saturated rings. The van der Waals surface area contributed by atoms with Crippen LogP contribution in [-0.4, -0.2) is 18.6 Å². The van der Waals surface area contributed by atoms with Gasteiger partial charge in [-0.3, -0.25) is 0 Å². The van der Waals surface area contributed by atoms with Crippen LogP contribution in [0.2, 0.25) is 0 Å². The fourth-order valence-corrected chi connectivity index (χ4v) is 3.00. The highest BCUT2D eigenvalue weighted by atomic mass is 15.2. The van der Waals surface area contributed by atoms with E-state index >= 15 is 0 Å². The minimum absolute atomic E-state index is 0.418. The van der Waals surface area contributed by atoms with E-state index in [2.05, 4.69) is 30.0 Å². The maximum Gasteiger partial charge on any atom is 0.0402 e. The Morgan fingerprint density at radius 3 is 3.13 bits per heavy atom. The summed E-state index contributed by atoms with van der Waals surface area (Å²) in [5.41, 5.74) is 10.4. The topological polar surface area (TPSA) is 29.3 Å². The van der Waals surface area contributed by atoms with Crippen molar-refractivity contribution in [2.75, 3.05) is 11.4 Å². The molecule has 2 unspecified atom stereocenters. The minimum atomic E-state index is 0.418. The second-order valence-electron chi connectivity index (χ2n) is 4.97. The Labute approximate surface area is 91.1 Å². The summed E-state index contributed by atoms with van der Waals surface area (Å²) in [7, 11) is 0. The first-order valence-electron chi connectivity index (χ1n) is 5.86. The van der Waals surface area contributed by atoms with Crippen molar-refractivity contribution < 1.29 is 0 Å². The van der Waals surface area contributed by atoms with E-state index in [0.717, 1.165) is 19.4 Å². The first-order chi connectivity index (χ1) is 7.24. The second-order valence-corrected chi connectivity index (χ2v) is 4.97. The standard InChI is InChI=1S/C13H18N2/c1-9-2-3-13-10(6-9)7-12-8-11(14)4-5-15(12)13/h2-3,6,11-12H,4-5,7-8,14H2,1H3. The number of anilines is 1. The molecule has 0 amide bonds. The minimum Gasteiger partial charge on any atom is -0.368 e. The predicted molar refractivity (Wildman–Crippen MR) is 63.2 cm³/mol. The first-order valence-corrected chi connectivity index (χ1v) is 5.86. The van der Waals surface area contributed by atoms with Crippen LogP contribution in [0.3, 0.4) is 0 Å². The van der Waals surface area contributed by atoms with Gasteiger partial charge in [0, 0.05) is 24.3 Å². The van der Waals surface area contributed by atoms with E-state index in [9.17, 15) is 0 Å². The summed E-state index contributed by atoms with van der Waals surface area (Å²) in [6.45, 7) is 3.31. The van der Waals surface area contributed by atoms with Crippen molar-refractivity contribution in [3.8, 4) is 0 Å². The third-order valence-electron chi connectivity index (χ3n) is 3.76.